The van der Waals surface area contributed by atoms with Crippen LogP contribution in [-0.4, -0.2) is 98.0 Å². The molecule has 11 nitrogen and oxygen atoms in total. The molecule has 3 heterocycles. The topological polar surface area (TPSA) is 159 Å². The molecule has 1 saturated heterocycles. The molecule has 3 N–H and O–H groups in total. The van der Waals surface area contributed by atoms with E-state index < -0.39 is 36.4 Å². The smallest absolute Gasteiger partial charge is 0.486 e. The number of fused-ring (bicyclic) bond motifs is 1. The number of carbonyl (C=O) groups is 3. The molecule has 0 radical (unpaired) electrons. The lowest BCUT2D eigenvalue weighted by atomic mass is 10.1. The Balaban J connectivity index is 0.000000379. The van der Waals surface area contributed by atoms with Crippen molar-refractivity contribution in [2.45, 2.75) is 56.2 Å². The van der Waals surface area contributed by atoms with Gasteiger partial charge in [-0.05, 0) is 36.6 Å². The summed E-state index contributed by atoms with van der Waals surface area (Å²) >= 11 is 0. The van der Waals surface area contributed by atoms with Gasteiger partial charge in [0.1, 0.15) is 18.0 Å². The van der Waals surface area contributed by atoms with Gasteiger partial charge in [0.05, 0.1) is 12.8 Å². The summed E-state index contributed by atoms with van der Waals surface area (Å²) in [5.74, 6) is -7.45. The number of hydrogen-bond donors (Lipinski definition) is 3. The van der Waals surface area contributed by atoms with Gasteiger partial charge in [0.25, 0.3) is 0 Å². The van der Waals surface area contributed by atoms with Gasteiger partial charge >= 0.3 is 36.4 Å². The van der Waals surface area contributed by atoms with E-state index in [4.69, 9.17) is 39.2 Å². The van der Waals surface area contributed by atoms with Crippen LogP contribution >= 0.6 is 0 Å². The van der Waals surface area contributed by atoms with E-state index in [1.54, 1.807) is 12.4 Å². The van der Waals surface area contributed by atoms with Crippen LogP contribution in [0.3, 0.4) is 0 Å². The minimum Gasteiger partial charge on any atom is -0.486 e. The number of pyridine rings is 2. The summed E-state index contributed by atoms with van der Waals surface area (Å²) in [6.07, 6.45) is -5.58. The zero-order valence-electron chi connectivity index (χ0n) is 22.0. The van der Waals surface area contributed by atoms with Crippen molar-refractivity contribution in [2.24, 2.45) is 0 Å². The van der Waals surface area contributed by atoms with Crippen molar-refractivity contribution in [1.82, 2.24) is 14.9 Å². The summed E-state index contributed by atoms with van der Waals surface area (Å²) < 4.78 is 107. The lowest BCUT2D eigenvalue weighted by Crippen LogP contribution is -2.51. The monoisotopic (exact) mass is 653 g/mol. The van der Waals surface area contributed by atoms with Crippen molar-refractivity contribution in [3.63, 3.8) is 0 Å². The molecule has 44 heavy (non-hydrogen) atoms. The van der Waals surface area contributed by atoms with Gasteiger partial charge in [-0.25, -0.2) is 14.4 Å². The van der Waals surface area contributed by atoms with Crippen LogP contribution in [0.15, 0.2) is 49.1 Å². The summed E-state index contributed by atoms with van der Waals surface area (Å²) in [4.78, 5) is 37.5. The number of ether oxygens (including phenoxy) is 2. The molecule has 1 aliphatic heterocycles. The molecule has 2 aliphatic rings. The number of carboxylic acid groups (broad SMARTS) is 3. The molecule has 4 rings (SSSR count). The fourth-order valence-electron chi connectivity index (χ4n) is 3.63. The van der Waals surface area contributed by atoms with E-state index in [-0.39, 0.29) is 12.2 Å². The predicted molar refractivity (Wildman–Crippen MR) is 127 cm³/mol. The van der Waals surface area contributed by atoms with E-state index in [0.29, 0.717) is 6.04 Å². The van der Waals surface area contributed by atoms with Gasteiger partial charge in [-0.1, -0.05) is 6.07 Å². The largest absolute Gasteiger partial charge is 0.490 e. The summed E-state index contributed by atoms with van der Waals surface area (Å²) in [5, 5.41) is 21.4. The van der Waals surface area contributed by atoms with Gasteiger partial charge in [-0.3, -0.25) is 14.9 Å². The first-order valence-corrected chi connectivity index (χ1v) is 11.9. The number of aromatic nitrogens is 2. The molecular weight excluding hydrogens is 629 g/mol. The third-order valence-electron chi connectivity index (χ3n) is 5.41. The maximum Gasteiger partial charge on any atom is 0.490 e. The normalized spacial score (nSPS) is 19.8. The number of carboxylic acids is 3. The number of rotatable bonds is 4. The van der Waals surface area contributed by atoms with Crippen LogP contribution in [0.25, 0.3) is 0 Å². The van der Waals surface area contributed by atoms with Crippen LogP contribution < -0.4 is 4.74 Å². The van der Waals surface area contributed by atoms with E-state index in [1.807, 2.05) is 30.6 Å². The first-order chi connectivity index (χ1) is 20.2. The molecule has 0 unspecified atom stereocenters. The van der Waals surface area contributed by atoms with Crippen LogP contribution in [0.2, 0.25) is 0 Å². The second-order valence-corrected chi connectivity index (χ2v) is 8.57. The van der Waals surface area contributed by atoms with Crippen molar-refractivity contribution in [3.8, 4) is 5.75 Å². The van der Waals surface area contributed by atoms with E-state index in [0.717, 1.165) is 38.3 Å². The third-order valence-corrected chi connectivity index (χ3v) is 5.41. The van der Waals surface area contributed by atoms with E-state index in [2.05, 4.69) is 20.9 Å². The zero-order chi connectivity index (χ0) is 33.7. The molecule has 3 atom stereocenters. The summed E-state index contributed by atoms with van der Waals surface area (Å²) in [6.45, 7) is 2.65. The fraction of sp³-hybridized carbons (Fsp3) is 0.458. The Hall–Kier alpha value is -4.20. The highest BCUT2D eigenvalue weighted by Crippen LogP contribution is 2.33. The molecule has 0 spiro atoms. The molecule has 0 amide bonds. The van der Waals surface area contributed by atoms with E-state index in [1.165, 1.54) is 5.56 Å². The number of nitrogens with zero attached hydrogens (tertiary/aromatic N) is 3. The second-order valence-electron chi connectivity index (χ2n) is 8.57. The predicted octanol–water partition coefficient (Wildman–Crippen LogP) is 4.19. The standard InChI is InChI=1S/C18H21N3O2.3C2HF3O2/c1-3-14(11-19-7-1)13-21-9-10-22-18-16(21)5-6-17(18)23-15-4-2-8-20-12-15;3*3-2(4,5)1(6)7/h1-4,7-8,11-12,16-18H,5-6,9-10,13H2;3*(H,6,7)/t16-,17-,18+;;;/m0.../s1. The first-order valence-electron chi connectivity index (χ1n) is 11.9. The van der Waals surface area contributed by atoms with Crippen LogP contribution in [0.4, 0.5) is 39.5 Å². The fourth-order valence-corrected chi connectivity index (χ4v) is 3.63. The van der Waals surface area contributed by atoms with E-state index in [9.17, 15) is 39.5 Å². The Kier molecular flexibility index (Phi) is 14.3. The van der Waals surface area contributed by atoms with Crippen LogP contribution in [0, 0.1) is 0 Å². The number of aliphatic carboxylic acids is 3. The van der Waals surface area contributed by atoms with Gasteiger partial charge < -0.3 is 24.8 Å². The SMILES string of the molecule is O=C(O)C(F)(F)F.O=C(O)C(F)(F)F.O=C(O)C(F)(F)F.c1cncc(CN2CCO[C@H]3[C@@H](Oc4cccnc4)CC[C@@H]32)c1. The summed E-state index contributed by atoms with van der Waals surface area (Å²) in [5.41, 5.74) is 1.25. The highest BCUT2D eigenvalue weighted by Gasteiger charge is 2.44. The van der Waals surface area contributed by atoms with Gasteiger partial charge in [0, 0.05) is 37.7 Å². The molecule has 2 fully saturated rings. The first kappa shape index (κ1) is 37.8. The Bertz CT molecular complexity index is 1130. The quantitative estimate of drug-likeness (QED) is 0.407. The Labute approximate surface area is 241 Å². The van der Waals surface area contributed by atoms with E-state index >= 15 is 0 Å². The summed E-state index contributed by atoms with van der Waals surface area (Å²) in [6, 6.07) is 8.41. The van der Waals surface area contributed by atoms with Crippen LogP contribution in [0.1, 0.15) is 18.4 Å². The van der Waals surface area contributed by atoms with Crippen molar-refractivity contribution in [2.75, 3.05) is 13.2 Å². The number of alkyl halides is 9. The molecule has 1 saturated carbocycles. The molecule has 2 aromatic heterocycles. The van der Waals surface area contributed by atoms with Gasteiger partial charge in [-0.15, -0.1) is 0 Å². The van der Waals surface area contributed by atoms with Crippen LogP contribution in [0.5, 0.6) is 5.75 Å². The average molecular weight is 653 g/mol. The molecule has 2 aromatic rings. The Morgan fingerprint density at radius 2 is 1.30 bits per heavy atom. The Morgan fingerprint density at radius 3 is 1.70 bits per heavy atom. The van der Waals surface area contributed by atoms with Gasteiger partial charge in [-0.2, -0.15) is 39.5 Å². The Morgan fingerprint density at radius 1 is 0.818 bits per heavy atom. The minimum atomic E-state index is -5.08. The molecule has 246 valence electrons. The molecular formula is C24H24F9N3O8. The number of morpholine rings is 1. The maximum atomic E-state index is 10.6. The van der Waals surface area contributed by atoms with Gasteiger partial charge in [0.2, 0.25) is 0 Å². The molecule has 0 bridgehead atoms. The van der Waals surface area contributed by atoms with Crippen molar-refractivity contribution >= 4 is 17.9 Å². The molecule has 1 aliphatic carbocycles. The number of hydrogen-bond acceptors (Lipinski definition) is 8. The average Bonchev–Trinajstić information content (AvgIpc) is 3.33. The maximum absolute atomic E-state index is 10.6. The van der Waals surface area contributed by atoms with Crippen LogP contribution in [-0.2, 0) is 25.7 Å². The van der Waals surface area contributed by atoms with Crippen molar-refractivity contribution in [3.05, 3.63) is 54.6 Å². The van der Waals surface area contributed by atoms with Crippen molar-refractivity contribution in [1.29, 1.82) is 0 Å². The second kappa shape index (κ2) is 16.6. The minimum absolute atomic E-state index is 0.112. The molecule has 20 heteroatoms. The third kappa shape index (κ3) is 13.8. The zero-order valence-corrected chi connectivity index (χ0v) is 22.0. The highest BCUT2D eigenvalue weighted by molar-refractivity contribution is 5.73. The van der Waals surface area contributed by atoms with Crippen molar-refractivity contribution < 1.29 is 78.7 Å². The summed E-state index contributed by atoms with van der Waals surface area (Å²) in [7, 11) is 0. The highest BCUT2D eigenvalue weighted by atomic mass is 19.4. The lowest BCUT2D eigenvalue weighted by molar-refractivity contribution is -0.193. The number of halogens is 9. The molecule has 0 aromatic carbocycles. The van der Waals surface area contributed by atoms with Gasteiger partial charge in [0.15, 0.2) is 0 Å². The lowest BCUT2D eigenvalue weighted by Gasteiger charge is -2.39.